The molecule has 0 spiro atoms. The van der Waals surface area contributed by atoms with E-state index in [1.165, 1.54) is 25.6 Å². The van der Waals surface area contributed by atoms with E-state index in [9.17, 15) is 4.79 Å². The molecule has 1 heterocycles. The van der Waals surface area contributed by atoms with Crippen molar-refractivity contribution >= 4 is 17.6 Å². The summed E-state index contributed by atoms with van der Waals surface area (Å²) in [6, 6.07) is 1.51. The van der Waals surface area contributed by atoms with Gasteiger partial charge >= 0.3 is 5.97 Å². The van der Waals surface area contributed by atoms with Crippen molar-refractivity contribution in [2.24, 2.45) is 0 Å². The highest BCUT2D eigenvalue weighted by Crippen LogP contribution is 2.13. The molecule has 0 saturated carbocycles. The predicted molar refractivity (Wildman–Crippen MR) is 40.6 cm³/mol. The predicted octanol–water partition coefficient (Wildman–Crippen LogP) is 1.52. The molecule has 1 aromatic heterocycles. The highest BCUT2D eigenvalue weighted by molar-refractivity contribution is 6.33. The van der Waals surface area contributed by atoms with Gasteiger partial charge in [0.15, 0.2) is 0 Å². The summed E-state index contributed by atoms with van der Waals surface area (Å²) in [4.78, 5) is 14.6. The average Bonchev–Trinajstić information content (AvgIpc) is 2.04. The van der Waals surface area contributed by atoms with Gasteiger partial charge in [-0.05, 0) is 6.07 Å². The Hall–Kier alpha value is -1.09. The highest BCUT2D eigenvalue weighted by Gasteiger charge is 2.08. The van der Waals surface area contributed by atoms with Crippen LogP contribution in [-0.4, -0.2) is 18.1 Å². The Kier molecular flexibility index (Phi) is 2.44. The number of nitrogens with zero attached hydrogens (tertiary/aromatic N) is 1. The first-order valence-corrected chi connectivity index (χ1v) is 3.31. The molecule has 58 valence electrons. The van der Waals surface area contributed by atoms with Crippen molar-refractivity contribution in [3.8, 4) is 0 Å². The number of carbonyl (C=O) groups excluding carboxylic acids is 1. The first-order valence-electron chi connectivity index (χ1n) is 2.93. The van der Waals surface area contributed by atoms with E-state index < -0.39 is 5.97 Å². The minimum atomic E-state index is -0.447. The van der Waals surface area contributed by atoms with E-state index in [1.54, 1.807) is 0 Å². The van der Waals surface area contributed by atoms with Crippen LogP contribution in [0.5, 0.6) is 0 Å². The van der Waals surface area contributed by atoms with Crippen molar-refractivity contribution < 1.29 is 9.53 Å². The minimum Gasteiger partial charge on any atom is -0.465 e. The fourth-order valence-corrected chi connectivity index (χ4v) is 0.847. The summed E-state index contributed by atoms with van der Waals surface area (Å²) in [6.07, 6.45) is 2.88. The van der Waals surface area contributed by atoms with Gasteiger partial charge in [-0.3, -0.25) is 4.98 Å². The number of hydrogen-bond acceptors (Lipinski definition) is 3. The van der Waals surface area contributed by atoms with E-state index >= 15 is 0 Å². The maximum atomic E-state index is 10.9. The zero-order valence-corrected chi connectivity index (χ0v) is 6.63. The van der Waals surface area contributed by atoms with Crippen molar-refractivity contribution in [3.63, 3.8) is 0 Å². The summed E-state index contributed by atoms with van der Waals surface area (Å²) in [6.45, 7) is 0. The molecular formula is C7H6ClNO2. The number of carbonyl (C=O) groups is 1. The van der Waals surface area contributed by atoms with E-state index in [2.05, 4.69) is 9.72 Å². The minimum absolute atomic E-state index is 0.305. The van der Waals surface area contributed by atoms with Gasteiger partial charge in [0.2, 0.25) is 0 Å². The summed E-state index contributed by atoms with van der Waals surface area (Å²) in [5, 5.41) is 0.305. The van der Waals surface area contributed by atoms with E-state index in [1.807, 2.05) is 0 Å². The first kappa shape index (κ1) is 8.01. The fourth-order valence-electron chi connectivity index (χ4n) is 0.651. The van der Waals surface area contributed by atoms with Crippen LogP contribution < -0.4 is 0 Å². The maximum absolute atomic E-state index is 10.9. The maximum Gasteiger partial charge on any atom is 0.339 e. The van der Waals surface area contributed by atoms with Crippen molar-refractivity contribution in [3.05, 3.63) is 29.0 Å². The van der Waals surface area contributed by atoms with E-state index in [0.29, 0.717) is 10.6 Å². The molecule has 0 atom stereocenters. The van der Waals surface area contributed by atoms with E-state index in [4.69, 9.17) is 11.6 Å². The van der Waals surface area contributed by atoms with E-state index in [0.717, 1.165) is 0 Å². The molecule has 3 nitrogen and oxygen atoms in total. The van der Waals surface area contributed by atoms with Crippen LogP contribution in [-0.2, 0) is 4.74 Å². The Morgan fingerprint density at radius 2 is 2.45 bits per heavy atom. The number of esters is 1. The van der Waals surface area contributed by atoms with Crippen LogP contribution >= 0.6 is 11.6 Å². The van der Waals surface area contributed by atoms with Gasteiger partial charge in [-0.1, -0.05) is 11.6 Å². The highest BCUT2D eigenvalue weighted by atomic mass is 35.5. The molecule has 0 saturated heterocycles. The van der Waals surface area contributed by atoms with E-state index in [-0.39, 0.29) is 0 Å². The lowest BCUT2D eigenvalue weighted by Crippen LogP contribution is -2.01. The van der Waals surface area contributed by atoms with Gasteiger partial charge in [0.05, 0.1) is 17.7 Å². The molecule has 0 aromatic carbocycles. The van der Waals surface area contributed by atoms with Gasteiger partial charge < -0.3 is 4.74 Å². The molecule has 0 aliphatic heterocycles. The smallest absolute Gasteiger partial charge is 0.339 e. The zero-order chi connectivity index (χ0) is 8.27. The summed E-state index contributed by atoms with van der Waals surface area (Å²) < 4.78 is 4.47. The van der Waals surface area contributed by atoms with Crippen molar-refractivity contribution in [1.29, 1.82) is 0 Å². The molecule has 1 aromatic rings. The lowest BCUT2D eigenvalue weighted by Gasteiger charge is -1.98. The second kappa shape index (κ2) is 3.34. The summed E-state index contributed by atoms with van der Waals surface area (Å²) in [7, 11) is 1.30. The number of ether oxygens (including phenoxy) is 1. The summed E-state index contributed by atoms with van der Waals surface area (Å²) >= 11 is 5.63. The van der Waals surface area contributed by atoms with Gasteiger partial charge in [0.25, 0.3) is 0 Å². The number of methoxy groups -OCH3 is 1. The Labute approximate surface area is 69.0 Å². The Bertz CT molecular complexity index is 275. The van der Waals surface area contributed by atoms with Gasteiger partial charge in [-0.2, -0.15) is 0 Å². The molecular weight excluding hydrogens is 166 g/mol. The topological polar surface area (TPSA) is 39.2 Å². The van der Waals surface area contributed by atoms with Gasteiger partial charge in [-0.25, -0.2) is 4.79 Å². The second-order valence-electron chi connectivity index (χ2n) is 1.85. The van der Waals surface area contributed by atoms with Gasteiger partial charge in [0.1, 0.15) is 0 Å². The molecule has 0 N–H and O–H groups in total. The fraction of sp³-hybridized carbons (Fsp3) is 0.143. The molecule has 0 radical (unpaired) electrons. The third-order valence-electron chi connectivity index (χ3n) is 1.18. The number of halogens is 1. The summed E-state index contributed by atoms with van der Waals surface area (Å²) in [5.41, 5.74) is 0.337. The lowest BCUT2D eigenvalue weighted by molar-refractivity contribution is 0.0601. The second-order valence-corrected chi connectivity index (χ2v) is 2.25. The third kappa shape index (κ3) is 1.68. The van der Waals surface area contributed by atoms with Gasteiger partial charge in [-0.15, -0.1) is 0 Å². The van der Waals surface area contributed by atoms with Gasteiger partial charge in [0, 0.05) is 12.4 Å². The van der Waals surface area contributed by atoms with Crippen LogP contribution in [0.25, 0.3) is 0 Å². The lowest BCUT2D eigenvalue weighted by atomic mass is 10.3. The number of pyridine rings is 1. The van der Waals surface area contributed by atoms with Crippen molar-refractivity contribution in [1.82, 2.24) is 4.98 Å². The number of hydrogen-bond donors (Lipinski definition) is 0. The van der Waals surface area contributed by atoms with Crippen LogP contribution in [0.15, 0.2) is 18.5 Å². The molecule has 0 amide bonds. The molecule has 0 aliphatic carbocycles. The molecule has 11 heavy (non-hydrogen) atoms. The average molecular weight is 172 g/mol. The number of rotatable bonds is 1. The van der Waals surface area contributed by atoms with Crippen LogP contribution in [0.3, 0.4) is 0 Å². The zero-order valence-electron chi connectivity index (χ0n) is 5.87. The third-order valence-corrected chi connectivity index (χ3v) is 1.48. The van der Waals surface area contributed by atoms with Crippen LogP contribution in [0.4, 0.5) is 0 Å². The van der Waals surface area contributed by atoms with Crippen molar-refractivity contribution in [2.45, 2.75) is 0 Å². The Morgan fingerprint density at radius 1 is 1.73 bits per heavy atom. The van der Waals surface area contributed by atoms with Crippen LogP contribution in [0.1, 0.15) is 10.4 Å². The monoisotopic (exact) mass is 171 g/mol. The van der Waals surface area contributed by atoms with Crippen LogP contribution in [0, 0.1) is 0 Å². The number of aromatic nitrogens is 1. The molecule has 0 fully saturated rings. The first-order chi connectivity index (χ1) is 5.25. The van der Waals surface area contributed by atoms with Crippen molar-refractivity contribution in [2.75, 3.05) is 7.11 Å². The normalized spacial score (nSPS) is 9.27. The molecule has 0 aliphatic rings. The quantitative estimate of drug-likeness (QED) is 0.602. The SMILES string of the molecule is COC(=O)c1ccncc1Cl. The molecule has 1 rings (SSSR count). The summed E-state index contributed by atoms with van der Waals surface area (Å²) in [5.74, 6) is -0.447. The molecule has 0 bridgehead atoms. The largest absolute Gasteiger partial charge is 0.465 e. The molecule has 0 unspecified atom stereocenters. The standard InChI is InChI=1S/C7H6ClNO2/c1-11-7(10)5-2-3-9-4-6(5)8/h2-4H,1H3. The Balaban J connectivity index is 3.03. The Morgan fingerprint density at radius 3 is 3.00 bits per heavy atom. The molecule has 4 heteroatoms. The van der Waals surface area contributed by atoms with Crippen LogP contribution in [0.2, 0.25) is 5.02 Å².